The van der Waals surface area contributed by atoms with Crippen molar-refractivity contribution in [2.24, 2.45) is 0 Å². The van der Waals surface area contributed by atoms with E-state index in [1.54, 1.807) is 30.1 Å². The van der Waals surface area contributed by atoms with E-state index in [0.717, 1.165) is 23.7 Å². The third-order valence-corrected chi connectivity index (χ3v) is 3.43. The van der Waals surface area contributed by atoms with Crippen LogP contribution in [0.25, 0.3) is 0 Å². The normalized spacial score (nSPS) is 10.4. The van der Waals surface area contributed by atoms with Crippen LogP contribution < -0.4 is 5.73 Å². The zero-order valence-corrected chi connectivity index (χ0v) is 12.1. The highest BCUT2D eigenvalue weighted by molar-refractivity contribution is 9.10. The quantitative estimate of drug-likeness (QED) is 0.625. The fourth-order valence-corrected chi connectivity index (χ4v) is 2.00. The number of aliphatic hydroxyl groups excluding tert-OH is 1. The maximum atomic E-state index is 12.1. The summed E-state index contributed by atoms with van der Waals surface area (Å²) in [6.45, 7) is 0.906. The lowest BCUT2D eigenvalue weighted by Gasteiger charge is -2.17. The molecule has 0 radical (unpaired) electrons. The van der Waals surface area contributed by atoms with Gasteiger partial charge in [-0.1, -0.05) is 0 Å². The van der Waals surface area contributed by atoms with Gasteiger partial charge in [0.25, 0.3) is 5.91 Å². The molecule has 0 spiro atoms. The minimum Gasteiger partial charge on any atom is -0.398 e. The first-order valence-corrected chi connectivity index (χ1v) is 6.77. The number of halogens is 1. The molecule has 0 saturated carbocycles. The highest BCUT2D eigenvalue weighted by Crippen LogP contribution is 2.21. The van der Waals surface area contributed by atoms with Crippen LogP contribution >= 0.6 is 15.9 Å². The smallest absolute Gasteiger partial charge is 0.253 e. The first-order valence-electron chi connectivity index (χ1n) is 5.97. The van der Waals surface area contributed by atoms with Crippen molar-refractivity contribution in [3.05, 3.63) is 28.2 Å². The predicted molar refractivity (Wildman–Crippen MR) is 76.5 cm³/mol. The Morgan fingerprint density at radius 2 is 2.11 bits per heavy atom. The van der Waals surface area contributed by atoms with Crippen molar-refractivity contribution < 1.29 is 9.90 Å². The van der Waals surface area contributed by atoms with Gasteiger partial charge in [0.1, 0.15) is 0 Å². The van der Waals surface area contributed by atoms with E-state index in [1.807, 2.05) is 0 Å². The van der Waals surface area contributed by atoms with E-state index in [4.69, 9.17) is 10.8 Å². The second-order valence-electron chi connectivity index (χ2n) is 4.25. The number of nitrogens with zero attached hydrogens (tertiary/aromatic N) is 1. The van der Waals surface area contributed by atoms with Gasteiger partial charge < -0.3 is 15.7 Å². The molecule has 0 saturated heterocycles. The number of carbonyl (C=O) groups excluding carboxylic acids is 1. The summed E-state index contributed by atoms with van der Waals surface area (Å²) in [6.07, 6.45) is 2.62. The number of hydrogen-bond acceptors (Lipinski definition) is 3. The number of nitrogens with two attached hydrogens (primary N) is 1. The minimum atomic E-state index is -0.0142. The van der Waals surface area contributed by atoms with E-state index >= 15 is 0 Å². The standard InChI is InChI=1S/C13H19BrN2O2/c1-16(7-3-2-4-8-17)13(18)10-5-6-12(15)11(14)9-10/h5-6,9,17H,2-4,7-8,15H2,1H3. The van der Waals surface area contributed by atoms with Crippen LogP contribution in [0.1, 0.15) is 29.6 Å². The van der Waals surface area contributed by atoms with Crippen molar-refractivity contribution in [1.82, 2.24) is 4.90 Å². The molecule has 0 aliphatic rings. The number of benzene rings is 1. The first kappa shape index (κ1) is 15.0. The zero-order chi connectivity index (χ0) is 13.5. The molecule has 0 heterocycles. The summed E-state index contributed by atoms with van der Waals surface area (Å²) in [5.41, 5.74) is 6.93. The Balaban J connectivity index is 2.54. The van der Waals surface area contributed by atoms with Gasteiger partial charge in [-0.3, -0.25) is 4.79 Å². The lowest BCUT2D eigenvalue weighted by atomic mass is 10.1. The van der Waals surface area contributed by atoms with Gasteiger partial charge in [-0.15, -0.1) is 0 Å². The molecular weight excluding hydrogens is 296 g/mol. The summed E-state index contributed by atoms with van der Waals surface area (Å²) in [7, 11) is 1.78. The van der Waals surface area contributed by atoms with Crippen LogP contribution in [0, 0.1) is 0 Å². The molecular formula is C13H19BrN2O2. The van der Waals surface area contributed by atoms with Crippen LogP contribution in [-0.4, -0.2) is 36.1 Å². The molecule has 1 rings (SSSR count). The van der Waals surface area contributed by atoms with Gasteiger partial charge in [-0.2, -0.15) is 0 Å². The summed E-state index contributed by atoms with van der Waals surface area (Å²) in [4.78, 5) is 13.8. The monoisotopic (exact) mass is 314 g/mol. The SMILES string of the molecule is CN(CCCCCO)C(=O)c1ccc(N)c(Br)c1. The van der Waals surface area contributed by atoms with E-state index in [-0.39, 0.29) is 12.5 Å². The predicted octanol–water partition coefficient (Wildman–Crippen LogP) is 2.27. The van der Waals surface area contributed by atoms with Crippen molar-refractivity contribution in [1.29, 1.82) is 0 Å². The molecule has 18 heavy (non-hydrogen) atoms. The van der Waals surface area contributed by atoms with E-state index in [0.29, 0.717) is 17.8 Å². The largest absolute Gasteiger partial charge is 0.398 e. The number of anilines is 1. The van der Waals surface area contributed by atoms with E-state index in [2.05, 4.69) is 15.9 Å². The van der Waals surface area contributed by atoms with Gasteiger partial charge in [0, 0.05) is 35.9 Å². The van der Waals surface area contributed by atoms with Gasteiger partial charge >= 0.3 is 0 Å². The summed E-state index contributed by atoms with van der Waals surface area (Å²) in [5.74, 6) is -0.0142. The fourth-order valence-electron chi connectivity index (χ4n) is 1.62. The Kier molecular flexibility index (Phi) is 6.15. The molecule has 1 amide bonds. The van der Waals surface area contributed by atoms with Crippen molar-refractivity contribution in [3.63, 3.8) is 0 Å². The van der Waals surface area contributed by atoms with Crippen molar-refractivity contribution >= 4 is 27.5 Å². The van der Waals surface area contributed by atoms with Crippen LogP contribution in [0.4, 0.5) is 5.69 Å². The summed E-state index contributed by atoms with van der Waals surface area (Å²) in [5, 5.41) is 8.68. The molecule has 0 aliphatic carbocycles. The summed E-state index contributed by atoms with van der Waals surface area (Å²) in [6, 6.07) is 5.19. The second kappa shape index (κ2) is 7.38. The van der Waals surface area contributed by atoms with Crippen LogP contribution in [0.15, 0.2) is 22.7 Å². The van der Waals surface area contributed by atoms with Gasteiger partial charge in [0.2, 0.25) is 0 Å². The molecule has 0 fully saturated rings. The molecule has 1 aromatic carbocycles. The van der Waals surface area contributed by atoms with Crippen LogP contribution in [0.3, 0.4) is 0 Å². The number of nitrogen functional groups attached to an aromatic ring is 1. The van der Waals surface area contributed by atoms with Crippen LogP contribution in [-0.2, 0) is 0 Å². The molecule has 4 nitrogen and oxygen atoms in total. The Morgan fingerprint density at radius 1 is 1.39 bits per heavy atom. The second-order valence-corrected chi connectivity index (χ2v) is 5.10. The summed E-state index contributed by atoms with van der Waals surface area (Å²) >= 11 is 3.31. The van der Waals surface area contributed by atoms with Crippen molar-refractivity contribution in [2.75, 3.05) is 25.9 Å². The number of aliphatic hydroxyl groups is 1. The van der Waals surface area contributed by atoms with Crippen LogP contribution in [0.2, 0.25) is 0 Å². The zero-order valence-electron chi connectivity index (χ0n) is 10.5. The molecule has 0 aliphatic heterocycles. The van der Waals surface area contributed by atoms with Gasteiger partial charge in [0.15, 0.2) is 0 Å². The fraction of sp³-hybridized carbons (Fsp3) is 0.462. The Bertz CT molecular complexity index is 410. The maximum absolute atomic E-state index is 12.1. The third kappa shape index (κ3) is 4.31. The van der Waals surface area contributed by atoms with Gasteiger partial charge in [-0.25, -0.2) is 0 Å². The molecule has 0 atom stereocenters. The molecule has 3 N–H and O–H groups in total. The first-order chi connectivity index (χ1) is 8.56. The maximum Gasteiger partial charge on any atom is 0.253 e. The molecule has 5 heteroatoms. The Labute approximate surface area is 116 Å². The molecule has 100 valence electrons. The Hall–Kier alpha value is -1.07. The number of rotatable bonds is 6. The topological polar surface area (TPSA) is 66.6 Å². The van der Waals surface area contributed by atoms with Crippen molar-refractivity contribution in [2.45, 2.75) is 19.3 Å². The highest BCUT2D eigenvalue weighted by atomic mass is 79.9. The minimum absolute atomic E-state index is 0.0142. The highest BCUT2D eigenvalue weighted by Gasteiger charge is 2.12. The average molecular weight is 315 g/mol. The molecule has 0 bridgehead atoms. The van der Waals surface area contributed by atoms with Crippen LogP contribution in [0.5, 0.6) is 0 Å². The van der Waals surface area contributed by atoms with Gasteiger partial charge in [-0.05, 0) is 53.4 Å². The Morgan fingerprint density at radius 3 is 2.72 bits per heavy atom. The van der Waals surface area contributed by atoms with E-state index in [9.17, 15) is 4.79 Å². The molecule has 0 unspecified atom stereocenters. The molecule has 0 aromatic heterocycles. The lowest BCUT2D eigenvalue weighted by molar-refractivity contribution is 0.0792. The van der Waals surface area contributed by atoms with Crippen molar-refractivity contribution in [3.8, 4) is 0 Å². The third-order valence-electron chi connectivity index (χ3n) is 2.75. The van der Waals surface area contributed by atoms with E-state index < -0.39 is 0 Å². The number of unbranched alkanes of at least 4 members (excludes halogenated alkanes) is 2. The number of hydrogen-bond donors (Lipinski definition) is 2. The average Bonchev–Trinajstić information content (AvgIpc) is 2.37. The summed E-state index contributed by atoms with van der Waals surface area (Å²) < 4.78 is 0.738. The number of amides is 1. The molecule has 1 aromatic rings. The van der Waals surface area contributed by atoms with E-state index in [1.165, 1.54) is 0 Å². The van der Waals surface area contributed by atoms with Gasteiger partial charge in [0.05, 0.1) is 0 Å². The lowest BCUT2D eigenvalue weighted by Crippen LogP contribution is -2.27. The number of carbonyl (C=O) groups is 1.